The third kappa shape index (κ3) is 2.36. The van der Waals surface area contributed by atoms with E-state index in [0.29, 0.717) is 22.7 Å². The molecule has 0 saturated carbocycles. The summed E-state index contributed by atoms with van der Waals surface area (Å²) in [5, 5.41) is 9.01. The standard InChI is InChI=1S/C11H12N4O2/c1-17-10-3-2-7(4-9(10)12)11(16)15-8-5-13-14-6-8/h2-6H,12H2,1H3,(H,13,14)(H,15,16). The molecule has 0 atom stereocenters. The number of nitrogens with two attached hydrogens (primary N) is 1. The minimum absolute atomic E-state index is 0.249. The zero-order chi connectivity index (χ0) is 12.3. The predicted octanol–water partition coefficient (Wildman–Crippen LogP) is 1.25. The lowest BCUT2D eigenvalue weighted by Crippen LogP contribution is -2.11. The number of nitrogens with zero attached hydrogens (tertiary/aromatic N) is 1. The van der Waals surface area contributed by atoms with Crippen LogP contribution < -0.4 is 15.8 Å². The topological polar surface area (TPSA) is 93.0 Å². The van der Waals surface area contributed by atoms with Gasteiger partial charge in [-0.15, -0.1) is 0 Å². The molecule has 1 amide bonds. The van der Waals surface area contributed by atoms with E-state index in [0.717, 1.165) is 0 Å². The van der Waals surface area contributed by atoms with E-state index < -0.39 is 0 Å². The van der Waals surface area contributed by atoms with Crippen molar-refractivity contribution in [2.75, 3.05) is 18.2 Å². The Bertz CT molecular complexity index is 522. The number of amides is 1. The zero-order valence-electron chi connectivity index (χ0n) is 9.23. The number of H-pyrrole nitrogens is 1. The van der Waals surface area contributed by atoms with E-state index >= 15 is 0 Å². The number of aromatic nitrogens is 2. The van der Waals surface area contributed by atoms with Crippen molar-refractivity contribution in [3.8, 4) is 5.75 Å². The Balaban J connectivity index is 2.17. The minimum Gasteiger partial charge on any atom is -0.495 e. The van der Waals surface area contributed by atoms with Gasteiger partial charge in [-0.25, -0.2) is 0 Å². The third-order valence-electron chi connectivity index (χ3n) is 2.25. The highest BCUT2D eigenvalue weighted by Gasteiger charge is 2.09. The lowest BCUT2D eigenvalue weighted by Gasteiger charge is -2.07. The van der Waals surface area contributed by atoms with Crippen LogP contribution in [0.3, 0.4) is 0 Å². The zero-order valence-corrected chi connectivity index (χ0v) is 9.23. The summed E-state index contributed by atoms with van der Waals surface area (Å²) in [6, 6.07) is 4.86. The quantitative estimate of drug-likeness (QED) is 0.694. The van der Waals surface area contributed by atoms with Crippen molar-refractivity contribution in [3.05, 3.63) is 36.2 Å². The lowest BCUT2D eigenvalue weighted by molar-refractivity contribution is 0.102. The molecular formula is C11H12N4O2. The molecule has 0 unspecified atom stereocenters. The number of carbonyl (C=O) groups excluding carboxylic acids is 1. The van der Waals surface area contributed by atoms with Gasteiger partial charge in [0, 0.05) is 11.8 Å². The Morgan fingerprint density at radius 1 is 1.53 bits per heavy atom. The predicted molar refractivity (Wildman–Crippen MR) is 63.9 cm³/mol. The van der Waals surface area contributed by atoms with Gasteiger partial charge in [0.25, 0.3) is 5.91 Å². The summed E-state index contributed by atoms with van der Waals surface area (Å²) < 4.78 is 5.01. The molecular weight excluding hydrogens is 220 g/mol. The minimum atomic E-state index is -0.249. The normalized spacial score (nSPS) is 9.94. The molecule has 0 radical (unpaired) electrons. The fourth-order valence-electron chi connectivity index (χ4n) is 1.40. The number of hydrogen-bond acceptors (Lipinski definition) is 4. The first-order chi connectivity index (χ1) is 8.20. The number of anilines is 2. The maximum atomic E-state index is 11.8. The molecule has 6 nitrogen and oxygen atoms in total. The number of ether oxygens (including phenoxy) is 1. The highest BCUT2D eigenvalue weighted by Crippen LogP contribution is 2.22. The van der Waals surface area contributed by atoms with Gasteiger partial charge in [0.15, 0.2) is 0 Å². The number of hydrogen-bond donors (Lipinski definition) is 3. The van der Waals surface area contributed by atoms with E-state index in [1.54, 1.807) is 24.4 Å². The van der Waals surface area contributed by atoms with E-state index in [2.05, 4.69) is 15.5 Å². The van der Waals surface area contributed by atoms with Crippen molar-refractivity contribution in [1.82, 2.24) is 10.2 Å². The smallest absolute Gasteiger partial charge is 0.255 e. The fourth-order valence-corrected chi connectivity index (χ4v) is 1.40. The summed E-state index contributed by atoms with van der Waals surface area (Å²) in [5.41, 5.74) is 7.21. The molecule has 0 bridgehead atoms. The average molecular weight is 232 g/mol. The van der Waals surface area contributed by atoms with Gasteiger partial charge in [-0.05, 0) is 18.2 Å². The van der Waals surface area contributed by atoms with Crippen LogP contribution in [-0.2, 0) is 0 Å². The van der Waals surface area contributed by atoms with E-state index in [1.165, 1.54) is 13.3 Å². The average Bonchev–Trinajstić information content (AvgIpc) is 2.81. The van der Waals surface area contributed by atoms with Crippen molar-refractivity contribution in [1.29, 1.82) is 0 Å². The van der Waals surface area contributed by atoms with E-state index in [9.17, 15) is 4.79 Å². The van der Waals surface area contributed by atoms with Crippen LogP contribution >= 0.6 is 0 Å². The maximum Gasteiger partial charge on any atom is 0.255 e. The number of carbonyl (C=O) groups is 1. The van der Waals surface area contributed by atoms with E-state index in [4.69, 9.17) is 10.5 Å². The van der Waals surface area contributed by atoms with E-state index in [-0.39, 0.29) is 5.91 Å². The number of aromatic amines is 1. The van der Waals surface area contributed by atoms with Crippen LogP contribution in [-0.4, -0.2) is 23.2 Å². The summed E-state index contributed by atoms with van der Waals surface area (Å²) in [4.78, 5) is 11.8. The number of nitrogen functional groups attached to an aromatic ring is 1. The second kappa shape index (κ2) is 4.56. The molecule has 0 saturated heterocycles. The highest BCUT2D eigenvalue weighted by molar-refractivity contribution is 6.04. The Hall–Kier alpha value is -2.50. The Kier molecular flexibility index (Phi) is 2.95. The van der Waals surface area contributed by atoms with Crippen LogP contribution in [0.4, 0.5) is 11.4 Å². The van der Waals surface area contributed by atoms with Gasteiger partial charge in [-0.2, -0.15) is 5.10 Å². The van der Waals surface area contributed by atoms with Gasteiger partial charge in [0.2, 0.25) is 0 Å². The van der Waals surface area contributed by atoms with Gasteiger partial charge in [0.1, 0.15) is 5.75 Å². The molecule has 17 heavy (non-hydrogen) atoms. The first kappa shape index (κ1) is 11.0. The highest BCUT2D eigenvalue weighted by atomic mass is 16.5. The van der Waals surface area contributed by atoms with Crippen LogP contribution in [0, 0.1) is 0 Å². The molecule has 0 aliphatic carbocycles. The van der Waals surface area contributed by atoms with E-state index in [1.807, 2.05) is 0 Å². The molecule has 0 fully saturated rings. The van der Waals surface area contributed by atoms with Crippen molar-refractivity contribution in [2.45, 2.75) is 0 Å². The molecule has 0 spiro atoms. The van der Waals surface area contributed by atoms with Crippen LogP contribution in [0.1, 0.15) is 10.4 Å². The molecule has 2 aromatic rings. The van der Waals surface area contributed by atoms with Gasteiger partial charge in [-0.1, -0.05) is 0 Å². The molecule has 1 aromatic heterocycles. The Morgan fingerprint density at radius 2 is 2.35 bits per heavy atom. The molecule has 88 valence electrons. The van der Waals surface area contributed by atoms with Crippen LogP contribution in [0.15, 0.2) is 30.6 Å². The molecule has 0 aliphatic heterocycles. The monoisotopic (exact) mass is 232 g/mol. The fraction of sp³-hybridized carbons (Fsp3) is 0.0909. The molecule has 4 N–H and O–H groups in total. The molecule has 1 heterocycles. The molecule has 2 rings (SSSR count). The summed E-state index contributed by atoms with van der Waals surface area (Å²) >= 11 is 0. The van der Waals surface area contributed by atoms with Crippen molar-refractivity contribution in [2.24, 2.45) is 0 Å². The number of benzene rings is 1. The van der Waals surface area contributed by atoms with Crippen LogP contribution in [0.25, 0.3) is 0 Å². The second-order valence-electron chi connectivity index (χ2n) is 3.40. The number of rotatable bonds is 3. The largest absolute Gasteiger partial charge is 0.495 e. The Morgan fingerprint density at radius 3 is 2.94 bits per heavy atom. The van der Waals surface area contributed by atoms with Crippen molar-refractivity contribution < 1.29 is 9.53 Å². The molecule has 6 heteroatoms. The van der Waals surface area contributed by atoms with Crippen molar-refractivity contribution >= 4 is 17.3 Å². The summed E-state index contributed by atoms with van der Waals surface area (Å²) in [6.45, 7) is 0. The van der Waals surface area contributed by atoms with Gasteiger partial charge in [0.05, 0.1) is 24.7 Å². The molecule has 0 aliphatic rings. The van der Waals surface area contributed by atoms with Crippen molar-refractivity contribution in [3.63, 3.8) is 0 Å². The molecule has 1 aromatic carbocycles. The summed E-state index contributed by atoms with van der Waals surface area (Å²) in [6.07, 6.45) is 3.11. The SMILES string of the molecule is COc1ccc(C(=O)Nc2cn[nH]c2)cc1N. The van der Waals surface area contributed by atoms with Gasteiger partial charge in [-0.3, -0.25) is 9.89 Å². The Labute approximate surface area is 97.8 Å². The van der Waals surface area contributed by atoms with Crippen LogP contribution in [0.2, 0.25) is 0 Å². The maximum absolute atomic E-state index is 11.8. The summed E-state index contributed by atoms with van der Waals surface area (Å²) in [5.74, 6) is 0.297. The first-order valence-electron chi connectivity index (χ1n) is 4.94. The second-order valence-corrected chi connectivity index (χ2v) is 3.40. The van der Waals surface area contributed by atoms with Gasteiger partial charge >= 0.3 is 0 Å². The number of nitrogens with one attached hydrogen (secondary N) is 2. The first-order valence-corrected chi connectivity index (χ1v) is 4.94. The number of methoxy groups -OCH3 is 1. The third-order valence-corrected chi connectivity index (χ3v) is 2.25. The lowest BCUT2D eigenvalue weighted by atomic mass is 10.1. The van der Waals surface area contributed by atoms with Gasteiger partial charge < -0.3 is 15.8 Å². The van der Waals surface area contributed by atoms with Crippen LogP contribution in [0.5, 0.6) is 5.75 Å². The summed E-state index contributed by atoms with van der Waals surface area (Å²) in [7, 11) is 1.52.